The fraction of sp³-hybridized carbons (Fsp3) is 0.625. The molecule has 0 amide bonds. The highest BCUT2D eigenvalue weighted by molar-refractivity contribution is 5.21. The van der Waals surface area contributed by atoms with Crippen molar-refractivity contribution in [2.45, 2.75) is 32.2 Å². The molecule has 0 aliphatic carbocycles. The Labute approximate surface area is 120 Å². The van der Waals surface area contributed by atoms with Gasteiger partial charge in [-0.2, -0.15) is 0 Å². The lowest BCUT2D eigenvalue weighted by molar-refractivity contribution is -0.0166. The van der Waals surface area contributed by atoms with Gasteiger partial charge in [0.2, 0.25) is 0 Å². The predicted molar refractivity (Wildman–Crippen MR) is 77.0 cm³/mol. The van der Waals surface area contributed by atoms with Gasteiger partial charge in [-0.3, -0.25) is 0 Å². The maximum Gasteiger partial charge on any atom is 0.127 e. The normalized spacial score (nSPS) is 19.8. The van der Waals surface area contributed by atoms with Gasteiger partial charge in [0.05, 0.1) is 6.61 Å². The van der Waals surface area contributed by atoms with Crippen LogP contribution in [-0.2, 0) is 4.74 Å². The maximum atomic E-state index is 13.9. The summed E-state index contributed by atoms with van der Waals surface area (Å²) in [7, 11) is 0. The molecule has 0 bridgehead atoms. The van der Waals surface area contributed by atoms with Crippen LogP contribution in [0.2, 0.25) is 0 Å². The molecule has 0 aromatic heterocycles. The minimum absolute atomic E-state index is 0.0116. The van der Waals surface area contributed by atoms with Crippen molar-refractivity contribution in [3.63, 3.8) is 0 Å². The summed E-state index contributed by atoms with van der Waals surface area (Å²) < 4.78 is 19.2. The first-order chi connectivity index (χ1) is 9.71. The molecule has 1 aromatic carbocycles. The van der Waals surface area contributed by atoms with Crippen molar-refractivity contribution in [2.75, 3.05) is 26.4 Å². The van der Waals surface area contributed by atoms with Crippen molar-refractivity contribution in [2.24, 2.45) is 5.41 Å². The molecule has 3 nitrogen and oxygen atoms in total. The van der Waals surface area contributed by atoms with Crippen molar-refractivity contribution in [3.8, 4) is 0 Å². The second-order valence-electron chi connectivity index (χ2n) is 5.63. The number of hydrogen-bond acceptors (Lipinski definition) is 3. The molecule has 4 heteroatoms. The number of aliphatic hydroxyl groups excluding tert-OH is 1. The molecular formula is C16H24FNO2. The molecular weight excluding hydrogens is 257 g/mol. The summed E-state index contributed by atoms with van der Waals surface area (Å²) in [6.07, 6.45) is 2.52. The lowest BCUT2D eigenvalue weighted by atomic mass is 9.80. The Morgan fingerprint density at radius 2 is 2.05 bits per heavy atom. The molecule has 20 heavy (non-hydrogen) atoms. The lowest BCUT2D eigenvalue weighted by Crippen LogP contribution is -2.43. The number of hydrogen-bond donors (Lipinski definition) is 2. The Morgan fingerprint density at radius 1 is 1.35 bits per heavy atom. The van der Waals surface area contributed by atoms with E-state index in [2.05, 4.69) is 5.32 Å². The van der Waals surface area contributed by atoms with Gasteiger partial charge in [0, 0.05) is 36.8 Å². The molecule has 1 heterocycles. The third-order valence-corrected chi connectivity index (χ3v) is 4.30. The van der Waals surface area contributed by atoms with Crippen molar-refractivity contribution >= 4 is 0 Å². The highest BCUT2D eigenvalue weighted by atomic mass is 19.1. The fourth-order valence-electron chi connectivity index (χ4n) is 2.77. The van der Waals surface area contributed by atoms with Crippen LogP contribution in [0, 0.1) is 11.2 Å². The highest BCUT2D eigenvalue weighted by Gasteiger charge is 2.32. The minimum Gasteiger partial charge on any atom is -0.396 e. The van der Waals surface area contributed by atoms with Crippen molar-refractivity contribution < 1.29 is 14.2 Å². The highest BCUT2D eigenvalue weighted by Crippen LogP contribution is 2.30. The standard InChI is InChI=1S/C16H24FNO2/c1-2-15(13-5-3-4-6-14(13)17)18-11-16(12-19)7-9-20-10-8-16/h3-6,15,18-19H,2,7-12H2,1H3. The lowest BCUT2D eigenvalue weighted by Gasteiger charge is -2.37. The molecule has 2 N–H and O–H groups in total. The second kappa shape index (κ2) is 7.16. The van der Waals surface area contributed by atoms with E-state index in [4.69, 9.17) is 4.74 Å². The Kier molecular flexibility index (Phi) is 5.52. The first kappa shape index (κ1) is 15.4. The second-order valence-corrected chi connectivity index (χ2v) is 5.63. The topological polar surface area (TPSA) is 41.5 Å². The molecule has 1 unspecified atom stereocenters. The molecule has 1 aliphatic rings. The number of nitrogens with one attached hydrogen (secondary N) is 1. The van der Waals surface area contributed by atoms with Crippen LogP contribution < -0.4 is 5.32 Å². The van der Waals surface area contributed by atoms with Crippen LogP contribution in [0.1, 0.15) is 37.8 Å². The minimum atomic E-state index is -0.170. The van der Waals surface area contributed by atoms with Crippen molar-refractivity contribution in [1.82, 2.24) is 5.32 Å². The van der Waals surface area contributed by atoms with Crippen LogP contribution >= 0.6 is 0 Å². The zero-order valence-corrected chi connectivity index (χ0v) is 12.1. The number of halogens is 1. The fourth-order valence-corrected chi connectivity index (χ4v) is 2.77. The molecule has 112 valence electrons. The third kappa shape index (κ3) is 3.57. The Bertz CT molecular complexity index is 419. The van der Waals surface area contributed by atoms with Crippen LogP contribution in [0.3, 0.4) is 0 Å². The van der Waals surface area contributed by atoms with Crippen molar-refractivity contribution in [1.29, 1.82) is 0 Å². The van der Waals surface area contributed by atoms with Crippen LogP contribution in [0.25, 0.3) is 0 Å². The van der Waals surface area contributed by atoms with E-state index in [1.165, 1.54) is 6.07 Å². The van der Waals surface area contributed by atoms with E-state index in [-0.39, 0.29) is 23.9 Å². The van der Waals surface area contributed by atoms with Crippen molar-refractivity contribution in [3.05, 3.63) is 35.6 Å². The van der Waals surface area contributed by atoms with Crippen LogP contribution in [0.5, 0.6) is 0 Å². The zero-order valence-electron chi connectivity index (χ0n) is 12.1. The third-order valence-electron chi connectivity index (χ3n) is 4.30. The van der Waals surface area contributed by atoms with Crippen LogP contribution in [0.4, 0.5) is 4.39 Å². The molecule has 0 spiro atoms. The molecule has 0 radical (unpaired) electrons. The monoisotopic (exact) mass is 281 g/mol. The predicted octanol–water partition coefficient (Wildman–Crippen LogP) is 2.66. The summed E-state index contributed by atoms with van der Waals surface area (Å²) >= 11 is 0. The summed E-state index contributed by atoms with van der Waals surface area (Å²) in [6.45, 7) is 4.27. The number of ether oxygens (including phenoxy) is 1. The van der Waals surface area contributed by atoms with Gasteiger partial charge >= 0.3 is 0 Å². The summed E-state index contributed by atoms with van der Waals surface area (Å²) in [5, 5.41) is 13.1. The van der Waals surface area contributed by atoms with Gasteiger partial charge in [0.25, 0.3) is 0 Å². The zero-order chi connectivity index (χ0) is 14.4. The van der Waals surface area contributed by atoms with Gasteiger partial charge < -0.3 is 15.2 Å². The average molecular weight is 281 g/mol. The Hall–Kier alpha value is -0.970. The van der Waals surface area contributed by atoms with Gasteiger partial charge in [-0.05, 0) is 25.3 Å². The molecule has 1 atom stereocenters. The summed E-state index contributed by atoms with van der Waals surface area (Å²) in [6, 6.07) is 6.88. The number of benzene rings is 1. The van der Waals surface area contributed by atoms with E-state index in [0.29, 0.717) is 25.3 Å². The van der Waals surface area contributed by atoms with Crippen LogP contribution in [-0.4, -0.2) is 31.5 Å². The van der Waals surface area contributed by atoms with E-state index in [0.717, 1.165) is 19.3 Å². The van der Waals surface area contributed by atoms with Gasteiger partial charge in [-0.1, -0.05) is 25.1 Å². The molecule has 1 aromatic rings. The van der Waals surface area contributed by atoms with E-state index in [9.17, 15) is 9.50 Å². The molecule has 1 aliphatic heterocycles. The summed E-state index contributed by atoms with van der Waals surface area (Å²) in [4.78, 5) is 0. The van der Waals surface area contributed by atoms with E-state index in [1.807, 2.05) is 19.1 Å². The molecule has 0 saturated carbocycles. The van der Waals surface area contributed by atoms with Gasteiger partial charge in [-0.15, -0.1) is 0 Å². The van der Waals surface area contributed by atoms with Gasteiger partial charge in [0.15, 0.2) is 0 Å². The van der Waals surface area contributed by atoms with E-state index in [1.54, 1.807) is 6.07 Å². The first-order valence-electron chi connectivity index (χ1n) is 7.37. The Morgan fingerprint density at radius 3 is 2.65 bits per heavy atom. The Balaban J connectivity index is 2.01. The summed E-state index contributed by atoms with van der Waals surface area (Å²) in [5.74, 6) is -0.170. The summed E-state index contributed by atoms with van der Waals surface area (Å²) in [5.41, 5.74) is 0.576. The largest absolute Gasteiger partial charge is 0.396 e. The SMILES string of the molecule is CCC(NCC1(CO)CCOCC1)c1ccccc1F. The molecule has 2 rings (SSSR count). The molecule has 1 saturated heterocycles. The maximum absolute atomic E-state index is 13.9. The van der Waals surface area contributed by atoms with E-state index < -0.39 is 0 Å². The smallest absolute Gasteiger partial charge is 0.127 e. The average Bonchev–Trinajstić information content (AvgIpc) is 2.50. The number of rotatable bonds is 6. The molecule has 1 fully saturated rings. The quantitative estimate of drug-likeness (QED) is 0.842. The van der Waals surface area contributed by atoms with Gasteiger partial charge in [-0.25, -0.2) is 4.39 Å². The first-order valence-corrected chi connectivity index (χ1v) is 7.37. The van der Waals surface area contributed by atoms with Gasteiger partial charge in [0.1, 0.15) is 5.82 Å². The van der Waals surface area contributed by atoms with E-state index >= 15 is 0 Å². The number of aliphatic hydroxyl groups is 1. The van der Waals surface area contributed by atoms with Crippen LogP contribution in [0.15, 0.2) is 24.3 Å².